The first-order valence-electron chi connectivity index (χ1n) is 4.80. The molecule has 1 heterocycles. The Kier molecular flexibility index (Phi) is 2.55. The normalized spacial score (nSPS) is 23.4. The van der Waals surface area contributed by atoms with Gasteiger partial charge in [0.25, 0.3) is 0 Å². The molecule has 1 aromatic rings. The summed E-state index contributed by atoms with van der Waals surface area (Å²) in [5.74, 6) is 3.13. The van der Waals surface area contributed by atoms with E-state index in [1.807, 2.05) is 6.92 Å². The molecule has 0 aromatic carbocycles. The zero-order chi connectivity index (χ0) is 11.7. The van der Waals surface area contributed by atoms with E-state index in [-0.39, 0.29) is 0 Å². The van der Waals surface area contributed by atoms with Crippen LogP contribution in [0.4, 0.5) is 0 Å². The van der Waals surface area contributed by atoms with Crippen molar-refractivity contribution in [2.75, 3.05) is 0 Å². The molecule has 2 atom stereocenters. The predicted octanol–water partition coefficient (Wildman–Crippen LogP) is -0.130. The van der Waals surface area contributed by atoms with E-state index < -0.39 is 23.6 Å². The predicted molar refractivity (Wildman–Crippen MR) is 55.4 cm³/mol. The number of carbonyl (C=O) groups excluding carboxylic acids is 2. The number of nitrogens with zero attached hydrogens (tertiary/aromatic N) is 1. The molecule has 1 fully saturated rings. The Balaban J connectivity index is 2.17. The van der Waals surface area contributed by atoms with Gasteiger partial charge in [-0.1, -0.05) is 11.8 Å². The van der Waals surface area contributed by atoms with Crippen molar-refractivity contribution < 1.29 is 14.7 Å². The minimum absolute atomic E-state index is 0.606. The van der Waals surface area contributed by atoms with Crippen molar-refractivity contribution in [2.24, 2.45) is 5.92 Å². The van der Waals surface area contributed by atoms with Crippen LogP contribution in [0.25, 0.3) is 0 Å². The monoisotopic (exact) mass is 215 g/mol. The summed E-state index contributed by atoms with van der Waals surface area (Å²) in [5, 5.41) is 9.19. The van der Waals surface area contributed by atoms with E-state index in [9.17, 15) is 14.7 Å². The van der Waals surface area contributed by atoms with Crippen molar-refractivity contribution in [1.82, 2.24) is 4.98 Å². The lowest BCUT2D eigenvalue weighted by Gasteiger charge is -2.23. The maximum absolute atomic E-state index is 11.0. The number of aliphatic hydroxyl groups excluding tert-OH is 1. The maximum atomic E-state index is 11.0. The summed E-state index contributed by atoms with van der Waals surface area (Å²) in [6.45, 7) is 1.83. The lowest BCUT2D eigenvalue weighted by molar-refractivity contribution is -0.155. The second-order valence-corrected chi connectivity index (χ2v) is 3.61. The topological polar surface area (TPSA) is 67.3 Å². The Morgan fingerprint density at radius 1 is 1.38 bits per heavy atom. The molecule has 4 nitrogen and oxygen atoms in total. The van der Waals surface area contributed by atoms with Crippen molar-refractivity contribution in [3.05, 3.63) is 29.6 Å². The molecule has 2 unspecified atom stereocenters. The fraction of sp³-hybridized carbons (Fsp3) is 0.250. The van der Waals surface area contributed by atoms with Crippen LogP contribution in [0.1, 0.15) is 11.3 Å². The van der Waals surface area contributed by atoms with Crippen LogP contribution < -0.4 is 0 Å². The Morgan fingerprint density at radius 3 is 2.75 bits per heavy atom. The van der Waals surface area contributed by atoms with Crippen molar-refractivity contribution in [3.63, 3.8) is 0 Å². The second-order valence-electron chi connectivity index (χ2n) is 3.61. The van der Waals surface area contributed by atoms with Gasteiger partial charge in [0.05, 0.1) is 0 Å². The third kappa shape index (κ3) is 1.73. The summed E-state index contributed by atoms with van der Waals surface area (Å²) < 4.78 is 0. The molecule has 4 heteroatoms. The first-order chi connectivity index (χ1) is 7.59. The minimum atomic E-state index is -1.25. The van der Waals surface area contributed by atoms with Crippen molar-refractivity contribution in [2.45, 2.75) is 13.0 Å². The summed E-state index contributed by atoms with van der Waals surface area (Å²) >= 11 is 0. The smallest absolute Gasteiger partial charge is 0.229 e. The van der Waals surface area contributed by atoms with Gasteiger partial charge < -0.3 is 5.11 Å². The van der Waals surface area contributed by atoms with Gasteiger partial charge in [0.15, 0.2) is 0 Å². The average Bonchev–Trinajstić information content (AvgIpc) is 2.28. The fourth-order valence-corrected chi connectivity index (χ4v) is 1.43. The third-order valence-corrected chi connectivity index (χ3v) is 2.38. The number of rotatable bonds is 0. The fourth-order valence-electron chi connectivity index (χ4n) is 1.43. The standard InChI is InChI=1S/C12H9NO3/c1-7-6-8(4-5-13-7)2-3-9-10(14)12(16)11(9)15/h4-6,9-10,14H,1H3. The van der Waals surface area contributed by atoms with E-state index in [0.717, 1.165) is 5.69 Å². The largest absolute Gasteiger partial charge is 0.383 e. The summed E-state index contributed by atoms with van der Waals surface area (Å²) in [5.41, 5.74) is 1.54. The second kappa shape index (κ2) is 3.87. The van der Waals surface area contributed by atoms with Crippen LogP contribution in [0.15, 0.2) is 18.3 Å². The van der Waals surface area contributed by atoms with E-state index in [0.29, 0.717) is 5.56 Å². The molecule has 1 aliphatic carbocycles. The molecule has 1 N–H and O–H groups in total. The number of carbonyl (C=O) groups is 2. The zero-order valence-corrected chi connectivity index (χ0v) is 8.60. The van der Waals surface area contributed by atoms with E-state index >= 15 is 0 Å². The van der Waals surface area contributed by atoms with Crippen LogP contribution in [0.2, 0.25) is 0 Å². The zero-order valence-electron chi connectivity index (χ0n) is 8.60. The van der Waals surface area contributed by atoms with Gasteiger partial charge in [0.1, 0.15) is 12.0 Å². The lowest BCUT2D eigenvalue weighted by Crippen LogP contribution is -2.52. The molecule has 0 radical (unpaired) electrons. The molecule has 0 spiro atoms. The Bertz CT molecular complexity index is 525. The molecule has 80 valence electrons. The van der Waals surface area contributed by atoms with E-state index in [4.69, 9.17) is 0 Å². The first-order valence-corrected chi connectivity index (χ1v) is 4.80. The molecule has 0 saturated heterocycles. The summed E-state index contributed by atoms with van der Waals surface area (Å²) in [6.07, 6.45) is 0.367. The van der Waals surface area contributed by atoms with Crippen LogP contribution >= 0.6 is 0 Å². The molecular weight excluding hydrogens is 206 g/mol. The van der Waals surface area contributed by atoms with Gasteiger partial charge in [-0.2, -0.15) is 0 Å². The SMILES string of the molecule is Cc1cc(C#CC2C(=O)C(=O)C2O)ccn1. The minimum Gasteiger partial charge on any atom is -0.383 e. The van der Waals surface area contributed by atoms with Crippen molar-refractivity contribution in [1.29, 1.82) is 0 Å². The van der Waals surface area contributed by atoms with Crippen LogP contribution in [0.3, 0.4) is 0 Å². The number of hydrogen-bond donors (Lipinski definition) is 1. The Morgan fingerprint density at radius 2 is 2.12 bits per heavy atom. The van der Waals surface area contributed by atoms with Gasteiger partial charge in [-0.25, -0.2) is 0 Å². The number of Topliss-reactive ketones (excluding diaryl/α,β-unsaturated/α-hetero) is 2. The molecule has 1 saturated carbocycles. The Hall–Kier alpha value is -1.99. The molecule has 2 rings (SSSR count). The van der Waals surface area contributed by atoms with E-state index in [2.05, 4.69) is 16.8 Å². The third-order valence-electron chi connectivity index (χ3n) is 2.38. The highest BCUT2D eigenvalue weighted by Crippen LogP contribution is 2.18. The molecular formula is C12H9NO3. The van der Waals surface area contributed by atoms with Gasteiger partial charge in [-0.05, 0) is 19.1 Å². The van der Waals surface area contributed by atoms with Gasteiger partial charge in [0.2, 0.25) is 11.6 Å². The van der Waals surface area contributed by atoms with Crippen LogP contribution in [0.5, 0.6) is 0 Å². The number of aryl methyl sites for hydroxylation is 1. The number of pyridine rings is 1. The highest BCUT2D eigenvalue weighted by atomic mass is 16.3. The van der Waals surface area contributed by atoms with Crippen LogP contribution in [-0.2, 0) is 9.59 Å². The number of ketones is 2. The van der Waals surface area contributed by atoms with E-state index in [1.165, 1.54) is 0 Å². The van der Waals surface area contributed by atoms with Crippen molar-refractivity contribution >= 4 is 11.6 Å². The summed E-state index contributed by atoms with van der Waals surface area (Å²) in [7, 11) is 0. The quantitative estimate of drug-likeness (QED) is 0.483. The summed E-state index contributed by atoms with van der Waals surface area (Å²) in [4.78, 5) is 25.8. The molecule has 0 bridgehead atoms. The average molecular weight is 215 g/mol. The van der Waals surface area contributed by atoms with Gasteiger partial charge in [-0.15, -0.1) is 0 Å². The summed E-state index contributed by atoms with van der Waals surface area (Å²) in [6, 6.07) is 3.47. The van der Waals surface area contributed by atoms with Crippen LogP contribution in [0, 0.1) is 24.7 Å². The number of aliphatic hydroxyl groups is 1. The van der Waals surface area contributed by atoms with E-state index in [1.54, 1.807) is 18.3 Å². The highest BCUT2D eigenvalue weighted by molar-refractivity contribution is 6.47. The lowest BCUT2D eigenvalue weighted by atomic mass is 9.79. The highest BCUT2D eigenvalue weighted by Gasteiger charge is 2.47. The molecule has 1 aromatic heterocycles. The molecule has 1 aliphatic rings. The number of aromatic nitrogens is 1. The molecule has 0 amide bonds. The van der Waals surface area contributed by atoms with Gasteiger partial charge >= 0.3 is 0 Å². The first kappa shape index (κ1) is 10.5. The molecule has 0 aliphatic heterocycles. The Labute approximate surface area is 92.3 Å². The van der Waals surface area contributed by atoms with Crippen LogP contribution in [-0.4, -0.2) is 27.8 Å². The van der Waals surface area contributed by atoms with Crippen molar-refractivity contribution in [3.8, 4) is 11.8 Å². The molecule has 16 heavy (non-hydrogen) atoms. The number of hydrogen-bond acceptors (Lipinski definition) is 4. The van der Waals surface area contributed by atoms with Gasteiger partial charge in [0, 0.05) is 17.5 Å². The van der Waals surface area contributed by atoms with Gasteiger partial charge in [-0.3, -0.25) is 14.6 Å². The maximum Gasteiger partial charge on any atom is 0.229 e.